The van der Waals surface area contributed by atoms with Crippen LogP contribution in [0.1, 0.15) is 12.5 Å². The van der Waals surface area contributed by atoms with Crippen LogP contribution in [0, 0.1) is 6.08 Å². The molecule has 0 saturated carbocycles. The van der Waals surface area contributed by atoms with Gasteiger partial charge >= 0.3 is 0 Å². The minimum atomic E-state index is -0.0474. The fraction of sp³-hybridized carbons (Fsp3) is 0.100. The molecule has 0 saturated heterocycles. The summed E-state index contributed by atoms with van der Waals surface area (Å²) in [6, 6.07) is 9.64. The van der Waals surface area contributed by atoms with E-state index >= 15 is 0 Å². The molecule has 0 aromatic heterocycles. The SMILES string of the molecule is CC(=O)[C-]=Cc1ccccc1.[Pd]. The van der Waals surface area contributed by atoms with Gasteiger partial charge in [0, 0.05) is 20.4 Å². The van der Waals surface area contributed by atoms with Crippen LogP contribution in [-0.2, 0) is 25.2 Å². The molecule has 0 aliphatic rings. The molecule has 66 valence electrons. The second-order valence-corrected chi connectivity index (χ2v) is 2.26. The molecule has 0 amide bonds. The molecule has 0 atom stereocenters. The van der Waals surface area contributed by atoms with Crippen LogP contribution in [0.5, 0.6) is 0 Å². The van der Waals surface area contributed by atoms with Crippen LogP contribution in [0.15, 0.2) is 30.3 Å². The van der Waals surface area contributed by atoms with Crippen molar-refractivity contribution in [3.8, 4) is 0 Å². The Morgan fingerprint density at radius 2 is 1.92 bits per heavy atom. The summed E-state index contributed by atoms with van der Waals surface area (Å²) in [5.74, 6) is -0.0474. The van der Waals surface area contributed by atoms with Gasteiger partial charge in [-0.1, -0.05) is 18.2 Å². The minimum Gasteiger partial charge on any atom is -0.317 e. The van der Waals surface area contributed by atoms with Crippen molar-refractivity contribution in [2.45, 2.75) is 6.92 Å². The number of ketones is 1. The molecule has 0 spiro atoms. The molecule has 0 heterocycles. The summed E-state index contributed by atoms with van der Waals surface area (Å²) >= 11 is 0. The van der Waals surface area contributed by atoms with E-state index in [1.807, 2.05) is 30.3 Å². The summed E-state index contributed by atoms with van der Waals surface area (Å²) in [7, 11) is 0. The van der Waals surface area contributed by atoms with E-state index < -0.39 is 0 Å². The summed E-state index contributed by atoms with van der Waals surface area (Å²) in [5, 5.41) is 0. The number of rotatable bonds is 2. The van der Waals surface area contributed by atoms with Gasteiger partial charge in [0.15, 0.2) is 0 Å². The Bertz CT molecular complexity index is 264. The third kappa shape index (κ3) is 4.23. The maximum atomic E-state index is 10.5. The van der Waals surface area contributed by atoms with Crippen LogP contribution < -0.4 is 0 Å². The molecule has 0 unspecified atom stereocenters. The average Bonchev–Trinajstić information content (AvgIpc) is 2.03. The molecule has 1 nitrogen and oxygen atoms in total. The topological polar surface area (TPSA) is 17.1 Å². The van der Waals surface area contributed by atoms with E-state index in [-0.39, 0.29) is 26.2 Å². The van der Waals surface area contributed by atoms with Crippen LogP contribution in [0.2, 0.25) is 0 Å². The van der Waals surface area contributed by atoms with Gasteiger partial charge in [-0.3, -0.25) is 0 Å². The molecule has 2 heteroatoms. The van der Waals surface area contributed by atoms with Gasteiger partial charge in [0.1, 0.15) is 0 Å². The Hall–Kier alpha value is -0.708. The third-order valence-corrected chi connectivity index (χ3v) is 1.24. The number of Topliss-reactive ketones (excluding diaryl/α,β-unsaturated/α-hetero) is 1. The van der Waals surface area contributed by atoms with Gasteiger partial charge in [-0.05, 0) is 6.92 Å². The summed E-state index contributed by atoms with van der Waals surface area (Å²) in [6.07, 6.45) is 4.28. The first-order valence-corrected chi connectivity index (χ1v) is 3.44. The monoisotopic (exact) mass is 251 g/mol. The Kier molecular flexibility index (Phi) is 5.53. The number of benzene rings is 1. The first kappa shape index (κ1) is 11.3. The smallest absolute Gasteiger partial charge is 0.0636 e. The number of allylic oxidation sites excluding steroid dienone is 1. The predicted molar refractivity (Wildman–Crippen MR) is 44.8 cm³/mol. The predicted octanol–water partition coefficient (Wildman–Crippen LogP) is 2.09. The number of carbonyl (C=O) groups is 1. The van der Waals surface area contributed by atoms with Crippen LogP contribution in [-0.4, -0.2) is 5.78 Å². The van der Waals surface area contributed by atoms with Crippen molar-refractivity contribution in [3.05, 3.63) is 42.0 Å². The Morgan fingerprint density at radius 1 is 1.33 bits per heavy atom. The van der Waals surface area contributed by atoms with E-state index in [2.05, 4.69) is 6.08 Å². The second-order valence-electron chi connectivity index (χ2n) is 2.26. The van der Waals surface area contributed by atoms with E-state index in [4.69, 9.17) is 0 Å². The molecule has 1 aromatic carbocycles. The van der Waals surface area contributed by atoms with E-state index in [9.17, 15) is 4.79 Å². The maximum absolute atomic E-state index is 10.5. The first-order valence-electron chi connectivity index (χ1n) is 3.44. The van der Waals surface area contributed by atoms with Crippen molar-refractivity contribution >= 4 is 11.9 Å². The summed E-state index contributed by atoms with van der Waals surface area (Å²) < 4.78 is 0. The molecule has 12 heavy (non-hydrogen) atoms. The minimum absolute atomic E-state index is 0. The van der Waals surface area contributed by atoms with Gasteiger partial charge in [0.2, 0.25) is 0 Å². The quantitative estimate of drug-likeness (QED) is 0.447. The van der Waals surface area contributed by atoms with Crippen molar-refractivity contribution in [3.63, 3.8) is 0 Å². The van der Waals surface area contributed by atoms with E-state index in [1.54, 1.807) is 6.08 Å². The summed E-state index contributed by atoms with van der Waals surface area (Å²) in [5.41, 5.74) is 1.00. The van der Waals surface area contributed by atoms with Crippen molar-refractivity contribution in [1.29, 1.82) is 0 Å². The van der Waals surface area contributed by atoms with Crippen LogP contribution >= 0.6 is 0 Å². The largest absolute Gasteiger partial charge is 0.317 e. The molecule has 0 N–H and O–H groups in total. The molecule has 0 aliphatic heterocycles. The van der Waals surface area contributed by atoms with E-state index in [0.717, 1.165) is 5.56 Å². The zero-order valence-corrected chi connectivity index (χ0v) is 8.24. The van der Waals surface area contributed by atoms with Crippen molar-refractivity contribution in [1.82, 2.24) is 0 Å². The molecular weight excluding hydrogens is 243 g/mol. The zero-order chi connectivity index (χ0) is 8.10. The standard InChI is InChI=1S/C10H9O.Pd/c1-9(11)7-8-10-5-3-2-4-6-10;/h2-6,8H,1H3;/q-1;. The molecule has 0 aliphatic carbocycles. The molecule has 0 radical (unpaired) electrons. The molecular formula is C10H9OPd-. The Morgan fingerprint density at radius 3 is 2.42 bits per heavy atom. The fourth-order valence-electron chi connectivity index (χ4n) is 0.734. The van der Waals surface area contributed by atoms with Gasteiger partial charge in [0.05, 0.1) is 5.78 Å². The maximum Gasteiger partial charge on any atom is 0.0636 e. The first-order chi connectivity index (χ1) is 5.29. The Balaban J connectivity index is 0.00000121. The zero-order valence-electron chi connectivity index (χ0n) is 6.69. The van der Waals surface area contributed by atoms with Crippen LogP contribution in [0.3, 0.4) is 0 Å². The van der Waals surface area contributed by atoms with Crippen molar-refractivity contribution in [2.75, 3.05) is 0 Å². The van der Waals surface area contributed by atoms with Gasteiger partial charge in [0.25, 0.3) is 0 Å². The van der Waals surface area contributed by atoms with Gasteiger partial charge in [-0.2, -0.15) is 5.56 Å². The molecule has 1 rings (SSSR count). The third-order valence-electron chi connectivity index (χ3n) is 1.24. The fourth-order valence-corrected chi connectivity index (χ4v) is 0.734. The molecule has 0 fully saturated rings. The Labute approximate surface area is 86.1 Å². The van der Waals surface area contributed by atoms with Gasteiger partial charge < -0.3 is 4.79 Å². The molecule has 0 bridgehead atoms. The van der Waals surface area contributed by atoms with Crippen molar-refractivity contribution < 1.29 is 25.2 Å². The van der Waals surface area contributed by atoms with Gasteiger partial charge in [-0.25, -0.2) is 12.2 Å². The van der Waals surface area contributed by atoms with Crippen LogP contribution in [0.4, 0.5) is 0 Å². The average molecular weight is 252 g/mol. The summed E-state index contributed by atoms with van der Waals surface area (Å²) in [6.45, 7) is 1.49. The molecule has 1 aromatic rings. The number of carbonyl (C=O) groups excluding carboxylic acids is 1. The number of hydrogen-bond donors (Lipinski definition) is 0. The van der Waals surface area contributed by atoms with E-state index in [0.29, 0.717) is 0 Å². The van der Waals surface area contributed by atoms with E-state index in [1.165, 1.54) is 6.92 Å². The summed E-state index contributed by atoms with van der Waals surface area (Å²) in [4.78, 5) is 10.5. The second kappa shape index (κ2) is 5.88. The van der Waals surface area contributed by atoms with Crippen molar-refractivity contribution in [2.24, 2.45) is 0 Å². The normalized spacial score (nSPS) is 9.42. The van der Waals surface area contributed by atoms with Gasteiger partial charge in [-0.15, -0.1) is 12.1 Å². The number of hydrogen-bond acceptors (Lipinski definition) is 1. The van der Waals surface area contributed by atoms with Crippen LogP contribution in [0.25, 0.3) is 6.08 Å².